The highest BCUT2D eigenvalue weighted by atomic mass is 19.4. The number of nitrogens with zero attached hydrogens (tertiary/aromatic N) is 3. The molecule has 1 atom stereocenters. The topological polar surface area (TPSA) is 41.1 Å². The molecular weight excluding hydrogens is 257 g/mol. The van der Waals surface area contributed by atoms with Crippen molar-refractivity contribution in [3.8, 4) is 0 Å². The van der Waals surface area contributed by atoms with Gasteiger partial charge in [0.25, 0.3) is 0 Å². The molecule has 1 fully saturated rings. The fourth-order valence-corrected chi connectivity index (χ4v) is 2.27. The molecule has 1 N–H and O–H groups in total. The van der Waals surface area contributed by atoms with Gasteiger partial charge in [0.2, 0.25) is 0 Å². The van der Waals surface area contributed by atoms with Crippen molar-refractivity contribution in [2.45, 2.75) is 25.6 Å². The van der Waals surface area contributed by atoms with E-state index in [0.717, 1.165) is 5.69 Å². The Hall–Kier alpha value is -1.37. The number of alkyl halides is 3. The van der Waals surface area contributed by atoms with E-state index in [0.29, 0.717) is 25.3 Å². The van der Waals surface area contributed by atoms with Crippen LogP contribution < -0.4 is 10.2 Å². The van der Waals surface area contributed by atoms with Crippen LogP contribution in [0.25, 0.3) is 0 Å². The fraction of sp³-hybridized carbons (Fsp3) is 0.667. The van der Waals surface area contributed by atoms with Crippen LogP contribution in [0.4, 0.5) is 19.0 Å². The number of halogens is 3. The molecule has 0 aromatic carbocycles. The van der Waals surface area contributed by atoms with E-state index in [9.17, 15) is 13.2 Å². The summed E-state index contributed by atoms with van der Waals surface area (Å²) < 4.78 is 38.3. The summed E-state index contributed by atoms with van der Waals surface area (Å²) in [7, 11) is 1.79. The SMILES string of the molecule is CNCc1cncc(N2CCCC(C(F)(F)F)C2)n1. The molecule has 0 radical (unpaired) electrons. The molecule has 1 unspecified atom stereocenters. The summed E-state index contributed by atoms with van der Waals surface area (Å²) in [5.74, 6) is -0.738. The number of rotatable bonds is 3. The second-order valence-electron chi connectivity index (χ2n) is 4.73. The van der Waals surface area contributed by atoms with Gasteiger partial charge in [-0.15, -0.1) is 0 Å². The Morgan fingerprint density at radius 2 is 2.21 bits per heavy atom. The Kier molecular flexibility index (Phi) is 4.24. The van der Waals surface area contributed by atoms with Gasteiger partial charge in [0.05, 0.1) is 17.8 Å². The molecule has 0 amide bonds. The van der Waals surface area contributed by atoms with Gasteiger partial charge in [-0.2, -0.15) is 13.2 Å². The van der Waals surface area contributed by atoms with Crippen molar-refractivity contribution < 1.29 is 13.2 Å². The van der Waals surface area contributed by atoms with Crippen LogP contribution >= 0.6 is 0 Å². The molecule has 0 aliphatic carbocycles. The second kappa shape index (κ2) is 5.73. The summed E-state index contributed by atoms with van der Waals surface area (Å²) in [6.07, 6.45) is -0.260. The molecule has 106 valence electrons. The standard InChI is InChI=1S/C12H17F3N4/c1-16-5-10-6-17-7-11(18-10)19-4-2-3-9(8-19)12(13,14)15/h6-7,9,16H,2-5,8H2,1H3. The molecule has 19 heavy (non-hydrogen) atoms. The van der Waals surface area contributed by atoms with E-state index in [2.05, 4.69) is 15.3 Å². The lowest BCUT2D eigenvalue weighted by Gasteiger charge is -2.34. The van der Waals surface area contributed by atoms with Gasteiger partial charge in [0.15, 0.2) is 0 Å². The summed E-state index contributed by atoms with van der Waals surface area (Å²) >= 11 is 0. The molecule has 1 aromatic rings. The van der Waals surface area contributed by atoms with Crippen LogP contribution in [0.3, 0.4) is 0 Å². The Bertz CT molecular complexity index is 422. The van der Waals surface area contributed by atoms with Gasteiger partial charge in [-0.3, -0.25) is 4.98 Å². The van der Waals surface area contributed by atoms with E-state index < -0.39 is 12.1 Å². The van der Waals surface area contributed by atoms with Crippen molar-refractivity contribution >= 4 is 5.82 Å². The van der Waals surface area contributed by atoms with Gasteiger partial charge in [-0.05, 0) is 19.9 Å². The molecule has 1 aliphatic rings. The molecule has 1 saturated heterocycles. The first-order chi connectivity index (χ1) is 9.00. The zero-order chi connectivity index (χ0) is 13.9. The minimum atomic E-state index is -4.13. The van der Waals surface area contributed by atoms with Crippen molar-refractivity contribution in [3.63, 3.8) is 0 Å². The molecule has 0 bridgehead atoms. The second-order valence-corrected chi connectivity index (χ2v) is 4.73. The lowest BCUT2D eigenvalue weighted by molar-refractivity contribution is -0.176. The van der Waals surface area contributed by atoms with Crippen molar-refractivity contribution in [1.82, 2.24) is 15.3 Å². The maximum absolute atomic E-state index is 12.8. The molecule has 7 heteroatoms. The highest BCUT2D eigenvalue weighted by molar-refractivity contribution is 5.37. The number of hydrogen-bond donors (Lipinski definition) is 1. The molecular formula is C12H17F3N4. The highest BCUT2D eigenvalue weighted by Gasteiger charge is 2.42. The van der Waals surface area contributed by atoms with E-state index in [1.165, 1.54) is 6.20 Å². The van der Waals surface area contributed by atoms with Crippen LogP contribution in [0.15, 0.2) is 12.4 Å². The normalized spacial score (nSPS) is 20.6. The van der Waals surface area contributed by atoms with E-state index in [4.69, 9.17) is 0 Å². The predicted molar refractivity (Wildman–Crippen MR) is 65.8 cm³/mol. The van der Waals surface area contributed by atoms with Crippen LogP contribution in [0.5, 0.6) is 0 Å². The molecule has 1 aliphatic heterocycles. The van der Waals surface area contributed by atoms with Crippen molar-refractivity contribution in [3.05, 3.63) is 18.1 Å². The Morgan fingerprint density at radius 3 is 2.89 bits per heavy atom. The van der Waals surface area contributed by atoms with Crippen molar-refractivity contribution in [2.24, 2.45) is 5.92 Å². The maximum Gasteiger partial charge on any atom is 0.393 e. The predicted octanol–water partition coefficient (Wildman–Crippen LogP) is 1.97. The molecule has 0 saturated carbocycles. The fourth-order valence-electron chi connectivity index (χ4n) is 2.27. The van der Waals surface area contributed by atoms with E-state index in [-0.39, 0.29) is 13.0 Å². The van der Waals surface area contributed by atoms with Gasteiger partial charge < -0.3 is 10.2 Å². The Morgan fingerprint density at radius 1 is 1.42 bits per heavy atom. The average Bonchev–Trinajstić information content (AvgIpc) is 2.39. The molecule has 1 aromatic heterocycles. The summed E-state index contributed by atoms with van der Waals surface area (Å²) in [6, 6.07) is 0. The van der Waals surface area contributed by atoms with Gasteiger partial charge in [-0.1, -0.05) is 0 Å². The molecule has 2 rings (SSSR count). The van der Waals surface area contributed by atoms with Gasteiger partial charge in [0, 0.05) is 25.8 Å². The summed E-state index contributed by atoms with van der Waals surface area (Å²) in [5.41, 5.74) is 0.731. The monoisotopic (exact) mass is 274 g/mol. The summed E-state index contributed by atoms with van der Waals surface area (Å²) in [6.45, 7) is 1.13. The van der Waals surface area contributed by atoms with Crippen molar-refractivity contribution in [1.29, 1.82) is 0 Å². The Labute approximate surface area is 110 Å². The molecule has 4 nitrogen and oxygen atoms in total. The van der Waals surface area contributed by atoms with Crippen molar-refractivity contribution in [2.75, 3.05) is 25.0 Å². The van der Waals surface area contributed by atoms with Gasteiger partial charge in [-0.25, -0.2) is 4.98 Å². The first kappa shape index (κ1) is 14.0. The number of anilines is 1. The number of nitrogens with one attached hydrogen (secondary N) is 1. The first-order valence-electron chi connectivity index (χ1n) is 6.28. The van der Waals surface area contributed by atoms with E-state index in [1.54, 1.807) is 18.1 Å². The average molecular weight is 274 g/mol. The zero-order valence-electron chi connectivity index (χ0n) is 10.7. The lowest BCUT2D eigenvalue weighted by Crippen LogP contribution is -2.42. The third-order valence-corrected chi connectivity index (χ3v) is 3.24. The van der Waals surface area contributed by atoms with E-state index >= 15 is 0 Å². The lowest BCUT2D eigenvalue weighted by atomic mass is 9.97. The van der Waals surface area contributed by atoms with Crippen LogP contribution in [0, 0.1) is 5.92 Å². The van der Waals surface area contributed by atoms with E-state index in [1.807, 2.05) is 0 Å². The van der Waals surface area contributed by atoms with Crippen LogP contribution in [0.2, 0.25) is 0 Å². The largest absolute Gasteiger partial charge is 0.393 e. The minimum Gasteiger partial charge on any atom is -0.355 e. The number of hydrogen-bond acceptors (Lipinski definition) is 4. The minimum absolute atomic E-state index is 0.0266. The maximum atomic E-state index is 12.8. The summed E-state index contributed by atoms with van der Waals surface area (Å²) in [4.78, 5) is 10.1. The smallest absolute Gasteiger partial charge is 0.355 e. The molecule has 0 spiro atoms. The number of piperidine rings is 1. The third kappa shape index (κ3) is 3.56. The highest BCUT2D eigenvalue weighted by Crippen LogP contribution is 2.34. The summed E-state index contributed by atoms with van der Waals surface area (Å²) in [5, 5.41) is 2.95. The third-order valence-electron chi connectivity index (χ3n) is 3.24. The van der Waals surface area contributed by atoms with Crippen LogP contribution in [-0.2, 0) is 6.54 Å². The van der Waals surface area contributed by atoms with Gasteiger partial charge >= 0.3 is 6.18 Å². The quantitative estimate of drug-likeness (QED) is 0.915. The first-order valence-corrected chi connectivity index (χ1v) is 6.28. The van der Waals surface area contributed by atoms with Crippen LogP contribution in [0.1, 0.15) is 18.5 Å². The number of aromatic nitrogens is 2. The molecule has 2 heterocycles. The Balaban J connectivity index is 2.10. The van der Waals surface area contributed by atoms with Crippen LogP contribution in [-0.4, -0.2) is 36.3 Å². The van der Waals surface area contributed by atoms with Gasteiger partial charge in [0.1, 0.15) is 5.82 Å². The zero-order valence-corrected chi connectivity index (χ0v) is 10.7.